The predicted molar refractivity (Wildman–Crippen MR) is 64.6 cm³/mol. The number of hydrogen-bond acceptors (Lipinski definition) is 4. The number of aromatic nitrogens is 2. The van der Waals surface area contributed by atoms with Gasteiger partial charge in [0.1, 0.15) is 17.5 Å². The quantitative estimate of drug-likeness (QED) is 0.832. The van der Waals surface area contributed by atoms with Crippen LogP contribution in [0.2, 0.25) is 0 Å². The average Bonchev–Trinajstić information content (AvgIpc) is 2.24. The van der Waals surface area contributed by atoms with Crippen LogP contribution in [0.1, 0.15) is 26.6 Å². The fourth-order valence-electron chi connectivity index (χ4n) is 1.18. The second-order valence-electron chi connectivity index (χ2n) is 5.17. The zero-order valence-electron chi connectivity index (χ0n) is 10.8. The van der Waals surface area contributed by atoms with Crippen molar-refractivity contribution in [3.63, 3.8) is 0 Å². The van der Waals surface area contributed by atoms with Gasteiger partial charge >= 0.3 is 12.3 Å². The van der Waals surface area contributed by atoms with Crippen LogP contribution in [0.3, 0.4) is 0 Å². The van der Waals surface area contributed by atoms with Crippen LogP contribution < -0.4 is 11.1 Å². The minimum Gasteiger partial charge on any atom is -0.384 e. The molecule has 0 aliphatic carbocycles. The summed E-state index contributed by atoms with van der Waals surface area (Å²) in [5.41, 5.74) is 5.09. The summed E-state index contributed by atoms with van der Waals surface area (Å²) in [6.07, 6.45) is -3.73. The van der Waals surface area contributed by atoms with E-state index in [2.05, 4.69) is 15.3 Å². The third-order valence-electron chi connectivity index (χ3n) is 2.24. The largest absolute Gasteiger partial charge is 0.384 e. The first-order valence-corrected chi connectivity index (χ1v) is 5.57. The molecular weight excluding hydrogens is 264 g/mol. The van der Waals surface area contributed by atoms with E-state index >= 15 is 0 Å². The van der Waals surface area contributed by atoms with Crippen LogP contribution in [0.25, 0.3) is 0 Å². The Hall–Kier alpha value is -1.60. The van der Waals surface area contributed by atoms with Crippen LogP contribution in [0, 0.1) is 0 Å². The Morgan fingerprint density at radius 1 is 1.26 bits per heavy atom. The first kappa shape index (κ1) is 15.5. The summed E-state index contributed by atoms with van der Waals surface area (Å²) in [5.74, 6) is -3.70. The molecule has 0 saturated heterocycles. The first-order valence-electron chi connectivity index (χ1n) is 5.57. The molecule has 8 heteroatoms. The average molecular weight is 280 g/mol. The third kappa shape index (κ3) is 4.22. The van der Waals surface area contributed by atoms with E-state index in [-0.39, 0.29) is 11.6 Å². The third-order valence-corrected chi connectivity index (χ3v) is 2.24. The van der Waals surface area contributed by atoms with Gasteiger partial charge in [-0.1, -0.05) is 20.8 Å². The van der Waals surface area contributed by atoms with Crippen molar-refractivity contribution < 1.29 is 17.6 Å². The lowest BCUT2D eigenvalue weighted by molar-refractivity contribution is -0.117. The van der Waals surface area contributed by atoms with E-state index in [9.17, 15) is 17.6 Å². The van der Waals surface area contributed by atoms with E-state index in [0.717, 1.165) is 0 Å². The molecule has 0 atom stereocenters. The van der Waals surface area contributed by atoms with Crippen molar-refractivity contribution >= 4 is 11.6 Å². The SMILES string of the molecule is CC(C)(C)c1nc(N)cc(NCC(F)(F)C(F)F)n1. The molecule has 0 aromatic carbocycles. The summed E-state index contributed by atoms with van der Waals surface area (Å²) >= 11 is 0. The van der Waals surface area contributed by atoms with Gasteiger partial charge in [-0.3, -0.25) is 0 Å². The minimum absolute atomic E-state index is 0.00208. The molecule has 0 amide bonds. The lowest BCUT2D eigenvalue weighted by Crippen LogP contribution is -2.35. The summed E-state index contributed by atoms with van der Waals surface area (Å²) in [4.78, 5) is 7.96. The van der Waals surface area contributed by atoms with Crippen LogP contribution >= 0.6 is 0 Å². The zero-order valence-corrected chi connectivity index (χ0v) is 10.8. The van der Waals surface area contributed by atoms with Crippen molar-refractivity contribution in [1.29, 1.82) is 0 Å². The van der Waals surface area contributed by atoms with Gasteiger partial charge in [0.2, 0.25) is 0 Å². The fraction of sp³-hybridized carbons (Fsp3) is 0.636. The summed E-state index contributed by atoms with van der Waals surface area (Å²) < 4.78 is 49.6. The molecule has 0 fully saturated rings. The molecule has 0 radical (unpaired) electrons. The maximum Gasteiger partial charge on any atom is 0.324 e. The normalized spacial score (nSPS) is 12.8. The number of rotatable bonds is 4. The summed E-state index contributed by atoms with van der Waals surface area (Å²) in [7, 11) is 0. The zero-order chi connectivity index (χ0) is 14.8. The van der Waals surface area contributed by atoms with Gasteiger partial charge in [-0.25, -0.2) is 18.7 Å². The first-order chi connectivity index (χ1) is 8.52. The van der Waals surface area contributed by atoms with Crippen molar-refractivity contribution in [2.75, 3.05) is 17.6 Å². The fourth-order valence-corrected chi connectivity index (χ4v) is 1.18. The topological polar surface area (TPSA) is 63.8 Å². The van der Waals surface area contributed by atoms with Gasteiger partial charge in [0.15, 0.2) is 0 Å². The molecule has 108 valence electrons. The summed E-state index contributed by atoms with van der Waals surface area (Å²) in [6.45, 7) is 4.24. The Bertz CT molecular complexity index is 443. The van der Waals surface area contributed by atoms with Crippen molar-refractivity contribution in [2.24, 2.45) is 0 Å². The van der Waals surface area contributed by atoms with Gasteiger partial charge in [0, 0.05) is 11.5 Å². The van der Waals surface area contributed by atoms with E-state index in [1.165, 1.54) is 6.07 Å². The van der Waals surface area contributed by atoms with Gasteiger partial charge < -0.3 is 11.1 Å². The Morgan fingerprint density at radius 3 is 2.32 bits per heavy atom. The second-order valence-corrected chi connectivity index (χ2v) is 5.17. The van der Waals surface area contributed by atoms with E-state index in [1.54, 1.807) is 0 Å². The number of nitrogens with one attached hydrogen (secondary N) is 1. The molecule has 0 spiro atoms. The van der Waals surface area contributed by atoms with Gasteiger partial charge in [0.05, 0.1) is 6.54 Å². The molecule has 0 aliphatic rings. The van der Waals surface area contributed by atoms with Crippen LogP contribution in [0.4, 0.5) is 29.2 Å². The molecule has 1 aromatic heterocycles. The van der Waals surface area contributed by atoms with E-state index in [1.807, 2.05) is 20.8 Å². The van der Waals surface area contributed by atoms with Crippen molar-refractivity contribution in [1.82, 2.24) is 9.97 Å². The monoisotopic (exact) mass is 280 g/mol. The van der Waals surface area contributed by atoms with Crippen molar-refractivity contribution in [3.05, 3.63) is 11.9 Å². The number of alkyl halides is 4. The molecule has 1 aromatic rings. The maximum absolute atomic E-state index is 12.8. The highest BCUT2D eigenvalue weighted by Crippen LogP contribution is 2.25. The summed E-state index contributed by atoms with van der Waals surface area (Å²) in [5, 5.41) is 2.16. The second kappa shape index (κ2) is 5.18. The highest BCUT2D eigenvalue weighted by atomic mass is 19.3. The Labute approximate surface area is 108 Å². The maximum atomic E-state index is 12.8. The van der Waals surface area contributed by atoms with Crippen LogP contribution in [0.15, 0.2) is 6.07 Å². The Balaban J connectivity index is 2.88. The molecule has 0 saturated carbocycles. The molecule has 0 bridgehead atoms. The van der Waals surface area contributed by atoms with Gasteiger partial charge in [-0.05, 0) is 0 Å². The van der Waals surface area contributed by atoms with Gasteiger partial charge in [-0.2, -0.15) is 8.78 Å². The molecular formula is C11H16F4N4. The number of halogens is 4. The molecule has 4 nitrogen and oxygen atoms in total. The van der Waals surface area contributed by atoms with E-state index in [0.29, 0.717) is 5.82 Å². The minimum atomic E-state index is -4.12. The van der Waals surface area contributed by atoms with E-state index in [4.69, 9.17) is 5.73 Å². The molecule has 19 heavy (non-hydrogen) atoms. The van der Waals surface area contributed by atoms with Crippen molar-refractivity contribution in [3.8, 4) is 0 Å². The van der Waals surface area contributed by atoms with Gasteiger partial charge in [-0.15, -0.1) is 0 Å². The molecule has 0 aliphatic heterocycles. The van der Waals surface area contributed by atoms with Crippen LogP contribution in [-0.4, -0.2) is 28.9 Å². The Kier molecular flexibility index (Phi) is 4.21. The summed E-state index contributed by atoms with van der Waals surface area (Å²) in [6, 6.07) is 1.22. The predicted octanol–water partition coefficient (Wildman–Crippen LogP) is 2.67. The van der Waals surface area contributed by atoms with Crippen LogP contribution in [0.5, 0.6) is 0 Å². The van der Waals surface area contributed by atoms with Crippen LogP contribution in [-0.2, 0) is 5.41 Å². The number of nitrogen functional groups attached to an aromatic ring is 1. The van der Waals surface area contributed by atoms with Gasteiger partial charge in [0.25, 0.3) is 0 Å². The Morgan fingerprint density at radius 2 is 1.84 bits per heavy atom. The lowest BCUT2D eigenvalue weighted by Gasteiger charge is -2.19. The molecule has 0 unspecified atom stereocenters. The molecule has 1 heterocycles. The number of anilines is 2. The number of nitrogens with two attached hydrogens (primary N) is 1. The molecule has 1 rings (SSSR count). The smallest absolute Gasteiger partial charge is 0.324 e. The highest BCUT2D eigenvalue weighted by Gasteiger charge is 2.40. The van der Waals surface area contributed by atoms with Crippen molar-refractivity contribution in [2.45, 2.75) is 38.5 Å². The lowest BCUT2D eigenvalue weighted by atomic mass is 9.96. The standard InChI is InChI=1S/C11H16F4N4/c1-10(2,3)9-18-6(16)4-7(19-9)17-5-11(14,15)8(12)13/h4,8H,5H2,1-3H3,(H3,16,17,18,19). The number of hydrogen-bond donors (Lipinski definition) is 2. The van der Waals surface area contributed by atoms with E-state index < -0.39 is 24.3 Å². The highest BCUT2D eigenvalue weighted by molar-refractivity contribution is 5.45. The number of nitrogens with zero attached hydrogens (tertiary/aromatic N) is 2. The molecule has 3 N–H and O–H groups in total.